The van der Waals surface area contributed by atoms with Crippen LogP contribution in [0.3, 0.4) is 0 Å². The molecule has 136 valence electrons. The van der Waals surface area contributed by atoms with Crippen LogP contribution in [0.4, 0.5) is 11.4 Å². The van der Waals surface area contributed by atoms with Crippen molar-refractivity contribution in [1.29, 1.82) is 0 Å². The van der Waals surface area contributed by atoms with Crippen LogP contribution in [0.25, 0.3) is 6.08 Å². The van der Waals surface area contributed by atoms with Gasteiger partial charge in [0.05, 0.1) is 16.8 Å². The second kappa shape index (κ2) is 6.63. The lowest BCUT2D eigenvalue weighted by Gasteiger charge is -2.21. The monoisotopic (exact) mass is 368 g/mol. The summed E-state index contributed by atoms with van der Waals surface area (Å²) in [6, 6.07) is 16.6. The minimum absolute atomic E-state index is 0.122. The highest BCUT2D eigenvalue weighted by Crippen LogP contribution is 2.35. The highest BCUT2D eigenvalue weighted by atomic mass is 16.2. The fraction of sp³-hybridized carbons (Fsp3) is 0. The van der Waals surface area contributed by atoms with Gasteiger partial charge in [-0.05, 0) is 29.8 Å². The molecule has 0 fully saturated rings. The van der Waals surface area contributed by atoms with Crippen molar-refractivity contribution in [2.75, 3.05) is 11.1 Å². The molecule has 0 radical (unpaired) electrons. The zero-order chi connectivity index (χ0) is 19.8. The molecule has 3 aromatic carbocycles. The van der Waals surface area contributed by atoms with Crippen molar-refractivity contribution in [2.24, 2.45) is 0 Å². The van der Waals surface area contributed by atoms with Crippen molar-refractivity contribution < 1.29 is 14.4 Å². The van der Waals surface area contributed by atoms with Crippen LogP contribution in [0.15, 0.2) is 67.2 Å². The third-order valence-electron chi connectivity index (χ3n) is 4.74. The largest absolute Gasteiger partial charge is 0.398 e. The fourth-order valence-electron chi connectivity index (χ4n) is 3.35. The number of amides is 1. The van der Waals surface area contributed by atoms with Crippen LogP contribution in [-0.4, -0.2) is 17.5 Å². The summed E-state index contributed by atoms with van der Waals surface area (Å²) in [4.78, 5) is 38.7. The molecule has 1 aliphatic rings. The molecule has 0 aromatic heterocycles. The predicted octanol–water partition coefficient (Wildman–Crippen LogP) is 3.94. The Balaban J connectivity index is 1.80. The summed E-state index contributed by atoms with van der Waals surface area (Å²) in [5, 5.41) is 2.74. The molecule has 5 heteroatoms. The van der Waals surface area contributed by atoms with E-state index in [1.807, 2.05) is 6.07 Å². The highest BCUT2D eigenvalue weighted by Gasteiger charge is 2.33. The molecule has 0 heterocycles. The zero-order valence-corrected chi connectivity index (χ0v) is 14.9. The Morgan fingerprint density at radius 1 is 0.893 bits per heavy atom. The number of anilines is 2. The van der Waals surface area contributed by atoms with Crippen molar-refractivity contribution in [1.82, 2.24) is 0 Å². The molecule has 0 spiro atoms. The van der Waals surface area contributed by atoms with E-state index in [-0.39, 0.29) is 34.1 Å². The standard InChI is InChI=1S/C23H16N2O3/c1-2-13-6-5-7-14(12-13)23(28)25-18-11-10-17(24)19-20(18)22(27)16-9-4-3-8-15(16)21(19)26/h2-12H,1,24H2,(H,25,28). The maximum atomic E-state index is 13.1. The number of hydrogen-bond acceptors (Lipinski definition) is 4. The normalized spacial score (nSPS) is 12.1. The van der Waals surface area contributed by atoms with Crippen molar-refractivity contribution in [2.45, 2.75) is 0 Å². The summed E-state index contributed by atoms with van der Waals surface area (Å²) in [7, 11) is 0. The predicted molar refractivity (Wildman–Crippen MR) is 109 cm³/mol. The number of nitrogens with two attached hydrogens (primary N) is 1. The van der Waals surface area contributed by atoms with Crippen LogP contribution >= 0.6 is 0 Å². The number of carbonyl (C=O) groups excluding carboxylic acids is 3. The minimum atomic E-state index is -0.394. The van der Waals surface area contributed by atoms with E-state index in [1.54, 1.807) is 54.6 Å². The van der Waals surface area contributed by atoms with Gasteiger partial charge in [0.1, 0.15) is 0 Å². The van der Waals surface area contributed by atoms with E-state index in [4.69, 9.17) is 5.73 Å². The van der Waals surface area contributed by atoms with Gasteiger partial charge < -0.3 is 11.1 Å². The topological polar surface area (TPSA) is 89.3 Å². The number of fused-ring (bicyclic) bond motifs is 2. The molecule has 0 aliphatic heterocycles. The molecule has 0 saturated heterocycles. The van der Waals surface area contributed by atoms with Crippen LogP contribution in [0, 0.1) is 0 Å². The SMILES string of the molecule is C=Cc1cccc(C(=O)Nc2ccc(N)c3c2C(=O)c2ccccc2C3=O)c1. The van der Waals surface area contributed by atoms with Crippen LogP contribution in [-0.2, 0) is 0 Å². The van der Waals surface area contributed by atoms with Crippen molar-refractivity contribution in [3.63, 3.8) is 0 Å². The second-order valence-electron chi connectivity index (χ2n) is 6.44. The summed E-state index contributed by atoms with van der Waals surface area (Å²) < 4.78 is 0. The number of ketones is 2. The molecule has 1 amide bonds. The van der Waals surface area contributed by atoms with Crippen LogP contribution in [0.5, 0.6) is 0 Å². The lowest BCUT2D eigenvalue weighted by atomic mass is 9.82. The van der Waals surface area contributed by atoms with Gasteiger partial charge in [0.15, 0.2) is 11.6 Å². The Morgan fingerprint density at radius 2 is 1.57 bits per heavy atom. The maximum absolute atomic E-state index is 13.1. The molecule has 0 unspecified atom stereocenters. The summed E-state index contributed by atoms with van der Waals surface area (Å²) in [6.45, 7) is 3.69. The quantitative estimate of drug-likeness (QED) is 0.536. The smallest absolute Gasteiger partial charge is 0.255 e. The number of nitrogen functional groups attached to an aromatic ring is 1. The Kier molecular flexibility index (Phi) is 4.12. The zero-order valence-electron chi connectivity index (χ0n) is 14.9. The van der Waals surface area contributed by atoms with E-state index in [2.05, 4.69) is 11.9 Å². The first-order chi connectivity index (χ1) is 13.5. The van der Waals surface area contributed by atoms with Gasteiger partial charge in [-0.15, -0.1) is 0 Å². The van der Waals surface area contributed by atoms with E-state index in [9.17, 15) is 14.4 Å². The van der Waals surface area contributed by atoms with Gasteiger partial charge in [-0.2, -0.15) is 0 Å². The van der Waals surface area contributed by atoms with Gasteiger partial charge in [0.2, 0.25) is 0 Å². The number of carbonyl (C=O) groups is 3. The Bertz CT molecular complexity index is 1180. The maximum Gasteiger partial charge on any atom is 0.255 e. The van der Waals surface area contributed by atoms with Crippen LogP contribution in [0.2, 0.25) is 0 Å². The minimum Gasteiger partial charge on any atom is -0.398 e. The molecule has 3 aromatic rings. The molecule has 28 heavy (non-hydrogen) atoms. The molecule has 3 N–H and O–H groups in total. The Hall–Kier alpha value is -3.99. The first-order valence-electron chi connectivity index (χ1n) is 8.66. The summed E-state index contributed by atoms with van der Waals surface area (Å²) in [5.74, 6) is -1.06. The molecule has 0 bridgehead atoms. The molecular formula is C23H16N2O3. The van der Waals surface area contributed by atoms with Crippen molar-refractivity contribution in [3.8, 4) is 0 Å². The Morgan fingerprint density at radius 3 is 2.25 bits per heavy atom. The number of benzene rings is 3. The van der Waals surface area contributed by atoms with E-state index in [0.717, 1.165) is 5.56 Å². The second-order valence-corrected chi connectivity index (χ2v) is 6.44. The molecule has 5 nitrogen and oxygen atoms in total. The number of nitrogens with one attached hydrogen (secondary N) is 1. The fourth-order valence-corrected chi connectivity index (χ4v) is 3.35. The van der Waals surface area contributed by atoms with Crippen molar-refractivity contribution >= 4 is 34.9 Å². The van der Waals surface area contributed by atoms with Gasteiger partial charge in [0, 0.05) is 22.4 Å². The average Bonchev–Trinajstić information content (AvgIpc) is 2.73. The van der Waals surface area contributed by atoms with Gasteiger partial charge >= 0.3 is 0 Å². The van der Waals surface area contributed by atoms with E-state index in [1.165, 1.54) is 6.07 Å². The molecule has 4 rings (SSSR count). The summed E-state index contributed by atoms with van der Waals surface area (Å²) >= 11 is 0. The van der Waals surface area contributed by atoms with Gasteiger partial charge in [-0.25, -0.2) is 0 Å². The van der Waals surface area contributed by atoms with Crippen LogP contribution in [0.1, 0.15) is 47.8 Å². The molecule has 1 aliphatic carbocycles. The molecule has 0 saturated carbocycles. The molecule has 0 atom stereocenters. The number of hydrogen-bond donors (Lipinski definition) is 2. The van der Waals surface area contributed by atoms with Gasteiger partial charge in [-0.1, -0.05) is 49.1 Å². The average molecular weight is 368 g/mol. The molecular weight excluding hydrogens is 352 g/mol. The first-order valence-corrected chi connectivity index (χ1v) is 8.66. The number of rotatable bonds is 3. The first kappa shape index (κ1) is 17.4. The van der Waals surface area contributed by atoms with Crippen LogP contribution < -0.4 is 11.1 Å². The van der Waals surface area contributed by atoms with Gasteiger partial charge in [0.25, 0.3) is 5.91 Å². The third kappa shape index (κ3) is 2.70. The highest BCUT2D eigenvalue weighted by molar-refractivity contribution is 6.32. The summed E-state index contributed by atoms with van der Waals surface area (Å²) in [5.41, 5.74) is 8.54. The van der Waals surface area contributed by atoms with Crippen molar-refractivity contribution in [3.05, 3.63) is 101 Å². The van der Waals surface area contributed by atoms with E-state index < -0.39 is 5.91 Å². The van der Waals surface area contributed by atoms with Gasteiger partial charge in [-0.3, -0.25) is 14.4 Å². The lowest BCUT2D eigenvalue weighted by Crippen LogP contribution is -2.25. The Labute approximate surface area is 161 Å². The third-order valence-corrected chi connectivity index (χ3v) is 4.74. The summed E-state index contributed by atoms with van der Waals surface area (Å²) in [6.07, 6.45) is 1.64. The van der Waals surface area contributed by atoms with E-state index >= 15 is 0 Å². The van der Waals surface area contributed by atoms with E-state index in [0.29, 0.717) is 16.7 Å². The lowest BCUT2D eigenvalue weighted by molar-refractivity contribution is 0.0979.